The van der Waals surface area contributed by atoms with E-state index in [4.69, 9.17) is 5.73 Å². The van der Waals surface area contributed by atoms with E-state index in [2.05, 4.69) is 0 Å². The second-order valence-corrected chi connectivity index (χ2v) is 3.75. The first-order valence-electron chi connectivity index (χ1n) is 5.19. The van der Waals surface area contributed by atoms with Crippen molar-refractivity contribution in [2.24, 2.45) is 5.73 Å². The molecule has 0 saturated heterocycles. The van der Waals surface area contributed by atoms with E-state index < -0.39 is 5.91 Å². The van der Waals surface area contributed by atoms with Gasteiger partial charge in [-0.15, -0.1) is 0 Å². The number of carbonyl (C=O) groups excluding carboxylic acids is 1. The molecule has 86 valence electrons. The Morgan fingerprint density at radius 2 is 1.82 bits per heavy atom. The standard InChI is InChI=1S/C13H12N2O2/c1-9-7-8-15(10-5-3-2-4-6-10)13(17)11(9)12(14)16/h2-8H,1H3,(H2,14,16). The number of nitrogens with two attached hydrogens (primary N) is 1. The Morgan fingerprint density at radius 3 is 2.41 bits per heavy atom. The molecule has 0 spiro atoms. The summed E-state index contributed by atoms with van der Waals surface area (Å²) in [5, 5.41) is 0. The fourth-order valence-electron chi connectivity index (χ4n) is 1.72. The minimum atomic E-state index is -0.696. The van der Waals surface area contributed by atoms with Crippen LogP contribution in [-0.2, 0) is 0 Å². The van der Waals surface area contributed by atoms with E-state index in [1.807, 2.05) is 18.2 Å². The summed E-state index contributed by atoms with van der Waals surface area (Å²) in [6.45, 7) is 1.69. The summed E-state index contributed by atoms with van der Waals surface area (Å²) in [5.74, 6) is -0.696. The predicted octanol–water partition coefficient (Wildman–Crippen LogP) is 1.24. The van der Waals surface area contributed by atoms with Crippen molar-refractivity contribution in [3.05, 3.63) is 64.1 Å². The third-order valence-corrected chi connectivity index (χ3v) is 2.58. The average Bonchev–Trinajstić information content (AvgIpc) is 2.30. The van der Waals surface area contributed by atoms with Gasteiger partial charge in [-0.05, 0) is 30.7 Å². The van der Waals surface area contributed by atoms with Crippen molar-refractivity contribution in [1.82, 2.24) is 4.57 Å². The quantitative estimate of drug-likeness (QED) is 0.840. The van der Waals surface area contributed by atoms with Gasteiger partial charge in [0.25, 0.3) is 11.5 Å². The summed E-state index contributed by atoms with van der Waals surface area (Å²) in [5.41, 5.74) is 6.16. The van der Waals surface area contributed by atoms with Crippen LogP contribution in [0.25, 0.3) is 5.69 Å². The number of amides is 1. The molecular weight excluding hydrogens is 216 g/mol. The topological polar surface area (TPSA) is 65.1 Å². The van der Waals surface area contributed by atoms with E-state index in [0.29, 0.717) is 11.3 Å². The number of rotatable bonds is 2. The van der Waals surface area contributed by atoms with E-state index in [1.54, 1.807) is 31.3 Å². The number of hydrogen-bond acceptors (Lipinski definition) is 2. The molecule has 17 heavy (non-hydrogen) atoms. The maximum absolute atomic E-state index is 12.1. The zero-order chi connectivity index (χ0) is 12.4. The summed E-state index contributed by atoms with van der Waals surface area (Å²) in [6, 6.07) is 10.8. The normalized spacial score (nSPS) is 10.2. The largest absolute Gasteiger partial charge is 0.365 e. The van der Waals surface area contributed by atoms with Gasteiger partial charge >= 0.3 is 0 Å². The van der Waals surface area contributed by atoms with Crippen LogP contribution in [0, 0.1) is 6.92 Å². The second-order valence-electron chi connectivity index (χ2n) is 3.75. The van der Waals surface area contributed by atoms with Crippen LogP contribution in [-0.4, -0.2) is 10.5 Å². The molecule has 0 saturated carbocycles. The molecular formula is C13H12N2O2. The lowest BCUT2D eigenvalue weighted by Gasteiger charge is -2.08. The lowest BCUT2D eigenvalue weighted by atomic mass is 10.1. The van der Waals surface area contributed by atoms with Gasteiger partial charge in [0, 0.05) is 11.9 Å². The predicted molar refractivity (Wildman–Crippen MR) is 65.3 cm³/mol. The van der Waals surface area contributed by atoms with Crippen LogP contribution >= 0.6 is 0 Å². The minimum absolute atomic E-state index is 0.0383. The van der Waals surface area contributed by atoms with Crippen LogP contribution in [0.15, 0.2) is 47.4 Å². The van der Waals surface area contributed by atoms with Crippen molar-refractivity contribution in [2.45, 2.75) is 6.92 Å². The molecule has 0 bridgehead atoms. The Balaban J connectivity index is 2.71. The number of benzene rings is 1. The molecule has 0 aliphatic carbocycles. The summed E-state index contributed by atoms with van der Waals surface area (Å²) in [6.07, 6.45) is 1.64. The Labute approximate surface area is 98.3 Å². The van der Waals surface area contributed by atoms with Crippen molar-refractivity contribution < 1.29 is 4.79 Å². The van der Waals surface area contributed by atoms with Crippen molar-refractivity contribution >= 4 is 5.91 Å². The zero-order valence-corrected chi connectivity index (χ0v) is 9.38. The monoisotopic (exact) mass is 228 g/mol. The van der Waals surface area contributed by atoms with Crippen molar-refractivity contribution in [2.75, 3.05) is 0 Å². The van der Waals surface area contributed by atoms with Crippen molar-refractivity contribution in [3.8, 4) is 5.69 Å². The summed E-state index contributed by atoms with van der Waals surface area (Å²) in [7, 11) is 0. The first kappa shape index (κ1) is 11.1. The number of aryl methyl sites for hydroxylation is 1. The van der Waals surface area contributed by atoms with E-state index in [9.17, 15) is 9.59 Å². The van der Waals surface area contributed by atoms with Gasteiger partial charge in [-0.3, -0.25) is 14.2 Å². The number of hydrogen-bond donors (Lipinski definition) is 1. The molecule has 2 N–H and O–H groups in total. The highest BCUT2D eigenvalue weighted by molar-refractivity contribution is 5.93. The Bertz CT molecular complexity index is 615. The van der Waals surface area contributed by atoms with E-state index in [-0.39, 0.29) is 11.1 Å². The maximum Gasteiger partial charge on any atom is 0.268 e. The van der Waals surface area contributed by atoms with Crippen LogP contribution in [0.1, 0.15) is 15.9 Å². The fourth-order valence-corrected chi connectivity index (χ4v) is 1.72. The van der Waals surface area contributed by atoms with Gasteiger partial charge in [0.05, 0.1) is 0 Å². The minimum Gasteiger partial charge on any atom is -0.365 e. The highest BCUT2D eigenvalue weighted by Crippen LogP contribution is 2.07. The lowest BCUT2D eigenvalue weighted by Crippen LogP contribution is -2.29. The van der Waals surface area contributed by atoms with Gasteiger partial charge in [-0.1, -0.05) is 18.2 Å². The molecule has 1 aromatic carbocycles. The first-order chi connectivity index (χ1) is 8.11. The molecule has 4 heteroatoms. The fraction of sp³-hybridized carbons (Fsp3) is 0.0769. The first-order valence-corrected chi connectivity index (χ1v) is 5.19. The number of para-hydroxylation sites is 1. The lowest BCUT2D eigenvalue weighted by molar-refractivity contribution is 0.0998. The van der Waals surface area contributed by atoms with E-state index >= 15 is 0 Å². The van der Waals surface area contributed by atoms with Gasteiger partial charge in [0.2, 0.25) is 0 Å². The highest BCUT2D eigenvalue weighted by Gasteiger charge is 2.12. The molecule has 0 fully saturated rings. The number of primary amides is 1. The number of carbonyl (C=O) groups is 1. The van der Waals surface area contributed by atoms with Crippen LogP contribution in [0.5, 0.6) is 0 Å². The summed E-state index contributed by atoms with van der Waals surface area (Å²) < 4.78 is 1.41. The third kappa shape index (κ3) is 1.97. The Kier molecular flexibility index (Phi) is 2.78. The second kappa shape index (κ2) is 4.25. The van der Waals surface area contributed by atoms with Gasteiger partial charge in [-0.25, -0.2) is 0 Å². The Hall–Kier alpha value is -2.36. The average molecular weight is 228 g/mol. The summed E-state index contributed by atoms with van der Waals surface area (Å²) in [4.78, 5) is 23.3. The van der Waals surface area contributed by atoms with Gasteiger partial charge < -0.3 is 5.73 Å². The molecule has 1 heterocycles. The van der Waals surface area contributed by atoms with Gasteiger partial charge in [0.1, 0.15) is 5.56 Å². The number of aromatic nitrogens is 1. The van der Waals surface area contributed by atoms with Gasteiger partial charge in [-0.2, -0.15) is 0 Å². The van der Waals surface area contributed by atoms with Gasteiger partial charge in [0.15, 0.2) is 0 Å². The van der Waals surface area contributed by atoms with Crippen molar-refractivity contribution in [1.29, 1.82) is 0 Å². The van der Waals surface area contributed by atoms with Crippen LogP contribution < -0.4 is 11.3 Å². The molecule has 2 aromatic rings. The molecule has 0 atom stereocenters. The zero-order valence-electron chi connectivity index (χ0n) is 9.38. The molecule has 0 unspecified atom stereocenters. The number of pyridine rings is 1. The molecule has 0 aliphatic rings. The highest BCUT2D eigenvalue weighted by atomic mass is 16.2. The van der Waals surface area contributed by atoms with Crippen LogP contribution in [0.2, 0.25) is 0 Å². The maximum atomic E-state index is 12.1. The smallest absolute Gasteiger partial charge is 0.268 e. The Morgan fingerprint density at radius 1 is 1.18 bits per heavy atom. The summed E-state index contributed by atoms with van der Waals surface area (Å²) >= 11 is 0. The van der Waals surface area contributed by atoms with Crippen molar-refractivity contribution in [3.63, 3.8) is 0 Å². The third-order valence-electron chi connectivity index (χ3n) is 2.58. The molecule has 4 nitrogen and oxygen atoms in total. The molecule has 0 aliphatic heterocycles. The molecule has 1 aromatic heterocycles. The number of nitrogens with zero attached hydrogens (tertiary/aromatic N) is 1. The molecule has 1 amide bonds. The van der Waals surface area contributed by atoms with E-state index in [1.165, 1.54) is 4.57 Å². The van der Waals surface area contributed by atoms with E-state index in [0.717, 1.165) is 0 Å². The SMILES string of the molecule is Cc1ccn(-c2ccccc2)c(=O)c1C(N)=O. The van der Waals surface area contributed by atoms with Crippen LogP contribution in [0.4, 0.5) is 0 Å². The molecule has 2 rings (SSSR count). The molecule has 0 radical (unpaired) electrons. The van der Waals surface area contributed by atoms with Crippen LogP contribution in [0.3, 0.4) is 0 Å².